The van der Waals surface area contributed by atoms with E-state index >= 15 is 0 Å². The standard InChI is InChI=1S/C12H12ClNOS/c1-8-11(7-15)16-12(14-8)6-9-3-2-4-10(13)5-9/h2-5,15H,6-7H2,1H3. The number of hydrogen-bond donors (Lipinski definition) is 1. The molecule has 16 heavy (non-hydrogen) atoms. The second-order valence-electron chi connectivity index (χ2n) is 3.58. The Morgan fingerprint density at radius 3 is 2.88 bits per heavy atom. The topological polar surface area (TPSA) is 33.1 Å². The Morgan fingerprint density at radius 2 is 2.25 bits per heavy atom. The fraction of sp³-hybridized carbons (Fsp3) is 0.250. The lowest BCUT2D eigenvalue weighted by atomic mass is 10.2. The lowest BCUT2D eigenvalue weighted by Gasteiger charge is -1.97. The maximum atomic E-state index is 9.09. The number of thiazole rings is 1. The van der Waals surface area contributed by atoms with Gasteiger partial charge in [0, 0.05) is 11.4 Å². The Balaban J connectivity index is 2.20. The third-order valence-electron chi connectivity index (χ3n) is 2.32. The Kier molecular flexibility index (Phi) is 3.59. The highest BCUT2D eigenvalue weighted by Crippen LogP contribution is 2.21. The first kappa shape index (κ1) is 11.6. The van der Waals surface area contributed by atoms with E-state index in [2.05, 4.69) is 4.98 Å². The van der Waals surface area contributed by atoms with Crippen molar-refractivity contribution in [3.8, 4) is 0 Å². The van der Waals surface area contributed by atoms with Crippen LogP contribution >= 0.6 is 22.9 Å². The number of aromatic nitrogens is 1. The van der Waals surface area contributed by atoms with E-state index in [1.807, 2.05) is 31.2 Å². The zero-order valence-electron chi connectivity index (χ0n) is 8.90. The largest absolute Gasteiger partial charge is 0.391 e. The van der Waals surface area contributed by atoms with Crippen molar-refractivity contribution in [2.45, 2.75) is 20.0 Å². The van der Waals surface area contributed by atoms with Crippen LogP contribution in [0.2, 0.25) is 5.02 Å². The van der Waals surface area contributed by atoms with Gasteiger partial charge < -0.3 is 5.11 Å². The number of aryl methyl sites for hydroxylation is 1. The minimum atomic E-state index is 0.0685. The average molecular weight is 254 g/mol. The Bertz CT molecular complexity index is 496. The lowest BCUT2D eigenvalue weighted by molar-refractivity contribution is 0.284. The van der Waals surface area contributed by atoms with Gasteiger partial charge >= 0.3 is 0 Å². The summed E-state index contributed by atoms with van der Waals surface area (Å²) in [4.78, 5) is 5.36. The van der Waals surface area contributed by atoms with Gasteiger partial charge in [0.15, 0.2) is 0 Å². The summed E-state index contributed by atoms with van der Waals surface area (Å²) >= 11 is 7.47. The molecular formula is C12H12ClNOS. The number of nitrogens with zero attached hydrogens (tertiary/aromatic N) is 1. The smallest absolute Gasteiger partial charge is 0.0975 e. The van der Waals surface area contributed by atoms with Gasteiger partial charge in [0.1, 0.15) is 0 Å². The van der Waals surface area contributed by atoms with Gasteiger partial charge in [0.25, 0.3) is 0 Å². The van der Waals surface area contributed by atoms with Crippen LogP contribution in [-0.2, 0) is 13.0 Å². The van der Waals surface area contributed by atoms with Gasteiger partial charge in [-0.15, -0.1) is 11.3 Å². The average Bonchev–Trinajstić information content (AvgIpc) is 2.58. The molecule has 0 aliphatic carbocycles. The summed E-state index contributed by atoms with van der Waals surface area (Å²) < 4.78 is 0. The van der Waals surface area contributed by atoms with Crippen LogP contribution in [0.4, 0.5) is 0 Å². The second kappa shape index (κ2) is 4.95. The molecule has 1 aromatic heterocycles. The molecule has 1 aromatic carbocycles. The predicted octanol–water partition coefficient (Wildman–Crippen LogP) is 3.19. The third kappa shape index (κ3) is 2.61. The summed E-state index contributed by atoms with van der Waals surface area (Å²) in [7, 11) is 0. The summed E-state index contributed by atoms with van der Waals surface area (Å²) in [6, 6.07) is 7.76. The highest BCUT2D eigenvalue weighted by Gasteiger charge is 2.07. The third-order valence-corrected chi connectivity index (χ3v) is 3.70. The molecule has 2 rings (SSSR count). The zero-order valence-corrected chi connectivity index (χ0v) is 10.5. The van der Waals surface area contributed by atoms with Crippen LogP contribution in [0.15, 0.2) is 24.3 Å². The van der Waals surface area contributed by atoms with Crippen molar-refractivity contribution in [3.63, 3.8) is 0 Å². The molecule has 1 heterocycles. The quantitative estimate of drug-likeness (QED) is 0.911. The normalized spacial score (nSPS) is 10.7. The molecule has 0 aliphatic rings. The molecule has 0 spiro atoms. The van der Waals surface area contributed by atoms with E-state index in [1.165, 1.54) is 0 Å². The van der Waals surface area contributed by atoms with Crippen LogP contribution in [0.1, 0.15) is 21.1 Å². The molecule has 0 amide bonds. The molecule has 4 heteroatoms. The van der Waals surface area contributed by atoms with Crippen molar-refractivity contribution in [1.29, 1.82) is 0 Å². The van der Waals surface area contributed by atoms with E-state index in [-0.39, 0.29) is 6.61 Å². The molecule has 0 radical (unpaired) electrons. The molecule has 84 valence electrons. The molecule has 1 N–H and O–H groups in total. The summed E-state index contributed by atoms with van der Waals surface area (Å²) in [5.74, 6) is 0. The van der Waals surface area contributed by atoms with Crippen LogP contribution in [0, 0.1) is 6.92 Å². The van der Waals surface area contributed by atoms with Crippen molar-refractivity contribution in [2.75, 3.05) is 0 Å². The van der Waals surface area contributed by atoms with E-state index in [0.29, 0.717) is 0 Å². The zero-order chi connectivity index (χ0) is 11.5. The van der Waals surface area contributed by atoms with Crippen LogP contribution in [-0.4, -0.2) is 10.1 Å². The number of benzene rings is 1. The Morgan fingerprint density at radius 1 is 1.44 bits per heavy atom. The van der Waals surface area contributed by atoms with Gasteiger partial charge in [-0.05, 0) is 24.6 Å². The van der Waals surface area contributed by atoms with E-state index < -0.39 is 0 Å². The van der Waals surface area contributed by atoms with Gasteiger partial charge in [0.05, 0.1) is 22.2 Å². The maximum absolute atomic E-state index is 9.09. The van der Waals surface area contributed by atoms with Gasteiger partial charge in [-0.25, -0.2) is 4.98 Å². The first-order valence-electron chi connectivity index (χ1n) is 4.99. The molecule has 0 saturated carbocycles. The van der Waals surface area contributed by atoms with E-state index in [9.17, 15) is 0 Å². The van der Waals surface area contributed by atoms with E-state index in [1.54, 1.807) is 11.3 Å². The Labute approximate surface area is 104 Å². The number of aliphatic hydroxyl groups excluding tert-OH is 1. The number of rotatable bonds is 3. The van der Waals surface area contributed by atoms with E-state index in [0.717, 1.165) is 32.6 Å². The van der Waals surface area contributed by atoms with Crippen LogP contribution in [0.5, 0.6) is 0 Å². The van der Waals surface area contributed by atoms with Gasteiger partial charge in [-0.1, -0.05) is 23.7 Å². The number of hydrogen-bond acceptors (Lipinski definition) is 3. The first-order chi connectivity index (χ1) is 7.69. The highest BCUT2D eigenvalue weighted by atomic mass is 35.5. The fourth-order valence-electron chi connectivity index (χ4n) is 1.53. The van der Waals surface area contributed by atoms with E-state index in [4.69, 9.17) is 16.7 Å². The summed E-state index contributed by atoms with van der Waals surface area (Å²) in [6.45, 7) is 1.99. The lowest BCUT2D eigenvalue weighted by Crippen LogP contribution is -1.87. The minimum Gasteiger partial charge on any atom is -0.391 e. The van der Waals surface area contributed by atoms with Crippen molar-refractivity contribution in [1.82, 2.24) is 4.98 Å². The molecule has 0 bridgehead atoms. The van der Waals surface area contributed by atoms with Crippen molar-refractivity contribution in [2.24, 2.45) is 0 Å². The van der Waals surface area contributed by atoms with Crippen molar-refractivity contribution < 1.29 is 5.11 Å². The van der Waals surface area contributed by atoms with Crippen LogP contribution < -0.4 is 0 Å². The number of aliphatic hydroxyl groups is 1. The van der Waals surface area contributed by atoms with Gasteiger partial charge in [0.2, 0.25) is 0 Å². The van der Waals surface area contributed by atoms with Crippen molar-refractivity contribution in [3.05, 3.63) is 50.4 Å². The summed E-state index contributed by atoms with van der Waals surface area (Å²) in [6.07, 6.45) is 0.770. The van der Waals surface area contributed by atoms with Crippen LogP contribution in [0.25, 0.3) is 0 Å². The molecule has 2 nitrogen and oxygen atoms in total. The van der Waals surface area contributed by atoms with Crippen molar-refractivity contribution >= 4 is 22.9 Å². The predicted molar refractivity (Wildman–Crippen MR) is 67.0 cm³/mol. The fourth-order valence-corrected chi connectivity index (χ4v) is 2.71. The van der Waals surface area contributed by atoms with Gasteiger partial charge in [-0.3, -0.25) is 0 Å². The highest BCUT2D eigenvalue weighted by molar-refractivity contribution is 7.11. The maximum Gasteiger partial charge on any atom is 0.0975 e. The summed E-state index contributed by atoms with van der Waals surface area (Å²) in [5, 5.41) is 10.9. The molecule has 2 aromatic rings. The SMILES string of the molecule is Cc1nc(Cc2cccc(Cl)c2)sc1CO. The molecular weight excluding hydrogens is 242 g/mol. The second-order valence-corrected chi connectivity index (χ2v) is 5.19. The molecule has 0 fully saturated rings. The Hall–Kier alpha value is -0.900. The minimum absolute atomic E-state index is 0.0685. The number of halogens is 1. The summed E-state index contributed by atoms with van der Waals surface area (Å²) in [5.41, 5.74) is 2.07. The first-order valence-corrected chi connectivity index (χ1v) is 6.19. The van der Waals surface area contributed by atoms with Crippen LogP contribution in [0.3, 0.4) is 0 Å². The molecule has 0 aliphatic heterocycles. The molecule has 0 unspecified atom stereocenters. The molecule has 0 saturated heterocycles. The monoisotopic (exact) mass is 253 g/mol. The van der Waals surface area contributed by atoms with Gasteiger partial charge in [-0.2, -0.15) is 0 Å². The molecule has 0 atom stereocenters.